The van der Waals surface area contributed by atoms with Gasteiger partial charge in [-0.15, -0.1) is 0 Å². The number of allylic oxidation sites excluding steroid dienone is 2. The molecule has 0 aliphatic rings. The topological polar surface area (TPSA) is 41.1 Å². The molecule has 0 saturated carbocycles. The first-order chi connectivity index (χ1) is 8.26. The maximum Gasteiger partial charge on any atom is 0.319 e. The van der Waals surface area contributed by atoms with E-state index in [0.29, 0.717) is 6.54 Å². The van der Waals surface area contributed by atoms with E-state index in [1.807, 2.05) is 62.4 Å². The van der Waals surface area contributed by atoms with Crippen LogP contribution in [0.3, 0.4) is 0 Å². The van der Waals surface area contributed by atoms with Gasteiger partial charge in [-0.05, 0) is 31.6 Å². The second-order valence-electron chi connectivity index (χ2n) is 3.54. The van der Waals surface area contributed by atoms with E-state index in [-0.39, 0.29) is 6.03 Å². The van der Waals surface area contributed by atoms with Crippen LogP contribution in [-0.4, -0.2) is 12.6 Å². The molecule has 1 aromatic carbocycles. The zero-order chi connectivity index (χ0) is 12.5. The van der Waals surface area contributed by atoms with Gasteiger partial charge in [0.05, 0.1) is 0 Å². The highest BCUT2D eigenvalue weighted by molar-refractivity contribution is 5.89. The van der Waals surface area contributed by atoms with Gasteiger partial charge in [0.15, 0.2) is 0 Å². The lowest BCUT2D eigenvalue weighted by Crippen LogP contribution is -2.30. The highest BCUT2D eigenvalue weighted by Gasteiger charge is 2.00. The van der Waals surface area contributed by atoms with E-state index in [0.717, 1.165) is 11.3 Å². The number of anilines is 1. The summed E-state index contributed by atoms with van der Waals surface area (Å²) in [5.74, 6) is 0. The summed E-state index contributed by atoms with van der Waals surface area (Å²) in [5.41, 5.74) is 1.87. The minimum absolute atomic E-state index is 0.194. The number of amides is 2. The van der Waals surface area contributed by atoms with Gasteiger partial charge in [0.1, 0.15) is 0 Å². The standard InChI is InChI=1S/C14H18N2O/c1-3-8-12(4-2)11-15-14(17)16-13-9-6-5-7-10-13/h3-10H,11H2,1-2H3,(H2,15,16,17). The molecule has 2 N–H and O–H groups in total. The van der Waals surface area contributed by atoms with Crippen LogP contribution in [0.15, 0.2) is 54.1 Å². The van der Waals surface area contributed by atoms with Crippen molar-refractivity contribution in [3.05, 3.63) is 54.1 Å². The molecule has 1 aromatic rings. The number of carbonyl (C=O) groups is 1. The van der Waals surface area contributed by atoms with Gasteiger partial charge in [0, 0.05) is 12.2 Å². The molecule has 0 spiro atoms. The molecule has 17 heavy (non-hydrogen) atoms. The summed E-state index contributed by atoms with van der Waals surface area (Å²) in [4.78, 5) is 11.6. The normalized spacial score (nSPS) is 11.5. The molecule has 0 atom stereocenters. The minimum atomic E-state index is -0.194. The fourth-order valence-corrected chi connectivity index (χ4v) is 1.35. The van der Waals surface area contributed by atoms with Gasteiger partial charge >= 0.3 is 6.03 Å². The van der Waals surface area contributed by atoms with Crippen LogP contribution >= 0.6 is 0 Å². The highest BCUT2D eigenvalue weighted by atomic mass is 16.2. The van der Waals surface area contributed by atoms with Crippen molar-refractivity contribution in [1.29, 1.82) is 0 Å². The Hall–Kier alpha value is -2.03. The van der Waals surface area contributed by atoms with Crippen LogP contribution in [0.2, 0.25) is 0 Å². The van der Waals surface area contributed by atoms with Crippen LogP contribution in [0.5, 0.6) is 0 Å². The maximum atomic E-state index is 11.6. The summed E-state index contributed by atoms with van der Waals surface area (Å²) in [6.07, 6.45) is 5.90. The summed E-state index contributed by atoms with van der Waals surface area (Å²) in [5, 5.41) is 5.56. The molecule has 0 unspecified atom stereocenters. The Labute approximate surface area is 102 Å². The van der Waals surface area contributed by atoms with Crippen molar-refractivity contribution in [3.63, 3.8) is 0 Å². The molecule has 0 radical (unpaired) electrons. The van der Waals surface area contributed by atoms with Gasteiger partial charge in [0.2, 0.25) is 0 Å². The third-order valence-electron chi connectivity index (χ3n) is 2.24. The predicted octanol–water partition coefficient (Wildman–Crippen LogP) is 3.33. The largest absolute Gasteiger partial charge is 0.334 e. The number of benzene rings is 1. The van der Waals surface area contributed by atoms with Crippen LogP contribution in [0.4, 0.5) is 10.5 Å². The Morgan fingerprint density at radius 1 is 1.24 bits per heavy atom. The second kappa shape index (κ2) is 7.28. The first-order valence-corrected chi connectivity index (χ1v) is 5.64. The Bertz CT molecular complexity index is 407. The number of nitrogens with one attached hydrogen (secondary N) is 2. The Kier molecular flexibility index (Phi) is 5.58. The Morgan fingerprint density at radius 2 is 1.94 bits per heavy atom. The fraction of sp³-hybridized carbons (Fsp3) is 0.214. The lowest BCUT2D eigenvalue weighted by atomic mass is 10.2. The van der Waals surface area contributed by atoms with E-state index in [9.17, 15) is 4.79 Å². The monoisotopic (exact) mass is 230 g/mol. The first kappa shape index (κ1) is 13.0. The Morgan fingerprint density at radius 3 is 2.53 bits per heavy atom. The summed E-state index contributed by atoms with van der Waals surface area (Å²) in [6, 6.07) is 9.18. The maximum absolute atomic E-state index is 11.6. The molecule has 0 fully saturated rings. The van der Waals surface area contributed by atoms with E-state index in [1.54, 1.807) is 0 Å². The van der Waals surface area contributed by atoms with Crippen LogP contribution < -0.4 is 10.6 Å². The molecular formula is C14H18N2O. The van der Waals surface area contributed by atoms with Crippen LogP contribution in [0.1, 0.15) is 13.8 Å². The summed E-state index contributed by atoms with van der Waals surface area (Å²) < 4.78 is 0. The predicted molar refractivity (Wildman–Crippen MR) is 72.0 cm³/mol. The van der Waals surface area contributed by atoms with Gasteiger partial charge in [0.25, 0.3) is 0 Å². The molecule has 1 rings (SSSR count). The number of rotatable bonds is 4. The highest BCUT2D eigenvalue weighted by Crippen LogP contribution is 2.04. The average molecular weight is 230 g/mol. The molecule has 0 aromatic heterocycles. The zero-order valence-corrected chi connectivity index (χ0v) is 10.2. The van der Waals surface area contributed by atoms with Crippen molar-refractivity contribution in [1.82, 2.24) is 5.32 Å². The number of carbonyl (C=O) groups excluding carboxylic acids is 1. The molecule has 0 heterocycles. The number of hydrogen-bond acceptors (Lipinski definition) is 1. The van der Waals surface area contributed by atoms with Crippen LogP contribution in [0, 0.1) is 0 Å². The molecule has 2 amide bonds. The molecule has 0 aliphatic heterocycles. The van der Waals surface area contributed by atoms with Gasteiger partial charge in [-0.25, -0.2) is 4.79 Å². The molecular weight excluding hydrogens is 212 g/mol. The summed E-state index contributed by atoms with van der Waals surface area (Å²) in [7, 11) is 0. The van der Waals surface area contributed by atoms with Crippen molar-refractivity contribution < 1.29 is 4.79 Å². The second-order valence-corrected chi connectivity index (χ2v) is 3.54. The fourth-order valence-electron chi connectivity index (χ4n) is 1.35. The quantitative estimate of drug-likeness (QED) is 0.765. The van der Waals surface area contributed by atoms with Crippen molar-refractivity contribution in [2.24, 2.45) is 0 Å². The number of urea groups is 1. The molecule has 3 heteroatoms. The smallest absolute Gasteiger partial charge is 0.319 e. The average Bonchev–Trinajstić information content (AvgIpc) is 2.35. The van der Waals surface area contributed by atoms with Gasteiger partial charge in [-0.2, -0.15) is 0 Å². The summed E-state index contributed by atoms with van der Waals surface area (Å²) in [6.45, 7) is 4.43. The van der Waals surface area contributed by atoms with Crippen LogP contribution in [-0.2, 0) is 0 Å². The zero-order valence-electron chi connectivity index (χ0n) is 10.2. The Balaban J connectivity index is 2.41. The number of hydrogen-bond donors (Lipinski definition) is 2. The lowest BCUT2D eigenvalue weighted by Gasteiger charge is -2.07. The van der Waals surface area contributed by atoms with E-state index in [4.69, 9.17) is 0 Å². The first-order valence-electron chi connectivity index (χ1n) is 5.64. The van der Waals surface area contributed by atoms with Gasteiger partial charge in [-0.1, -0.05) is 36.4 Å². The minimum Gasteiger partial charge on any atom is -0.334 e. The molecule has 90 valence electrons. The van der Waals surface area contributed by atoms with E-state index in [2.05, 4.69) is 10.6 Å². The van der Waals surface area contributed by atoms with Gasteiger partial charge in [-0.3, -0.25) is 0 Å². The third-order valence-corrected chi connectivity index (χ3v) is 2.24. The van der Waals surface area contributed by atoms with E-state index < -0.39 is 0 Å². The summed E-state index contributed by atoms with van der Waals surface area (Å²) >= 11 is 0. The van der Waals surface area contributed by atoms with Crippen molar-refractivity contribution in [2.75, 3.05) is 11.9 Å². The van der Waals surface area contributed by atoms with E-state index in [1.165, 1.54) is 0 Å². The molecule has 3 nitrogen and oxygen atoms in total. The molecule has 0 bridgehead atoms. The van der Waals surface area contributed by atoms with Crippen molar-refractivity contribution in [3.8, 4) is 0 Å². The SMILES string of the molecule is CC=CC(=CC)CNC(=O)Nc1ccccc1. The molecule has 0 saturated heterocycles. The lowest BCUT2D eigenvalue weighted by molar-refractivity contribution is 0.253. The van der Waals surface area contributed by atoms with Crippen molar-refractivity contribution in [2.45, 2.75) is 13.8 Å². The van der Waals surface area contributed by atoms with E-state index >= 15 is 0 Å². The van der Waals surface area contributed by atoms with Crippen molar-refractivity contribution >= 4 is 11.7 Å². The number of para-hydroxylation sites is 1. The van der Waals surface area contributed by atoms with Gasteiger partial charge < -0.3 is 10.6 Å². The third kappa shape index (κ3) is 5.02. The van der Waals surface area contributed by atoms with Crippen LogP contribution in [0.25, 0.3) is 0 Å². The molecule has 0 aliphatic carbocycles.